The number of nitrogens with one attached hydrogen (secondary N) is 2. The quantitative estimate of drug-likeness (QED) is 0.215. The minimum absolute atomic E-state index is 0.0518. The minimum Gasteiger partial charge on any atom is -0.384 e. The molecule has 3 aliphatic carbocycles. The van der Waals surface area contributed by atoms with Gasteiger partial charge in [-0.25, -0.2) is 4.68 Å². The van der Waals surface area contributed by atoms with E-state index in [1.54, 1.807) is 24.6 Å². The highest BCUT2D eigenvalue weighted by atomic mass is 16.3. The first-order chi connectivity index (χ1) is 25.3. The second kappa shape index (κ2) is 14.3. The molecule has 1 aliphatic heterocycles. The van der Waals surface area contributed by atoms with Crippen molar-refractivity contribution in [1.29, 1.82) is 0 Å². The Morgan fingerprint density at radius 1 is 0.962 bits per heavy atom. The number of likely N-dealkylation sites (tertiary alicyclic amines) is 1. The SMILES string of the molecule is CC(C)(O)c1cnnn1[C@H]1C[C@@H](C(=O)NC2(C(=O)C(N)=O)CCC3(CC3)CC2)N(C(=O)[C@@H](CC2CCCCC2)NC(=O)c2ccc3ccccc3c2)C1. The molecule has 282 valence electrons. The van der Waals surface area contributed by atoms with Gasteiger partial charge in [-0.15, -0.1) is 5.10 Å². The lowest BCUT2D eigenvalue weighted by atomic mass is 9.72. The van der Waals surface area contributed by atoms with Gasteiger partial charge in [0.1, 0.15) is 23.2 Å². The van der Waals surface area contributed by atoms with Gasteiger partial charge < -0.3 is 26.4 Å². The second-order valence-electron chi connectivity index (χ2n) is 16.6. The van der Waals surface area contributed by atoms with E-state index in [-0.39, 0.29) is 30.2 Å². The lowest BCUT2D eigenvalue weighted by molar-refractivity contribution is -0.146. The van der Waals surface area contributed by atoms with Crippen LogP contribution in [0.1, 0.15) is 119 Å². The van der Waals surface area contributed by atoms with E-state index >= 15 is 0 Å². The first-order valence-electron chi connectivity index (χ1n) is 19.2. The number of aliphatic hydroxyl groups is 1. The summed E-state index contributed by atoms with van der Waals surface area (Å²) in [5.74, 6) is -3.07. The van der Waals surface area contributed by atoms with Crippen LogP contribution in [0.5, 0.6) is 0 Å². The summed E-state index contributed by atoms with van der Waals surface area (Å²) in [4.78, 5) is 70.6. The normalized spacial score (nSPS) is 23.0. The Morgan fingerprint density at radius 2 is 1.64 bits per heavy atom. The van der Waals surface area contributed by atoms with Gasteiger partial charge in [0.2, 0.25) is 17.6 Å². The number of carbonyl (C=O) groups excluding carboxylic acids is 5. The summed E-state index contributed by atoms with van der Waals surface area (Å²) in [5, 5.41) is 27.1. The lowest BCUT2D eigenvalue weighted by Crippen LogP contribution is -2.63. The zero-order chi connectivity index (χ0) is 37.5. The highest BCUT2D eigenvalue weighted by molar-refractivity contribution is 6.39. The van der Waals surface area contributed by atoms with Gasteiger partial charge in [-0.2, -0.15) is 0 Å². The lowest BCUT2D eigenvalue weighted by Gasteiger charge is -2.40. The van der Waals surface area contributed by atoms with E-state index in [0.29, 0.717) is 43.4 Å². The summed E-state index contributed by atoms with van der Waals surface area (Å²) in [6, 6.07) is 10.6. The van der Waals surface area contributed by atoms with Gasteiger partial charge >= 0.3 is 0 Å². The number of amides is 4. The molecule has 4 aliphatic rings. The summed E-state index contributed by atoms with van der Waals surface area (Å²) in [7, 11) is 0. The van der Waals surface area contributed by atoms with E-state index in [0.717, 1.165) is 55.7 Å². The maximum atomic E-state index is 14.9. The Balaban J connectivity index is 1.20. The van der Waals surface area contributed by atoms with Crippen LogP contribution in [0, 0.1) is 11.3 Å². The number of fused-ring (bicyclic) bond motifs is 1. The van der Waals surface area contributed by atoms with Crippen LogP contribution >= 0.6 is 0 Å². The summed E-state index contributed by atoms with van der Waals surface area (Å²) in [6.45, 7) is 3.28. The number of primary amides is 1. The largest absolute Gasteiger partial charge is 0.384 e. The highest BCUT2D eigenvalue weighted by Crippen LogP contribution is 2.58. The average molecular weight is 726 g/mol. The van der Waals surface area contributed by atoms with Gasteiger partial charge in [0, 0.05) is 18.5 Å². The molecule has 13 heteroatoms. The van der Waals surface area contributed by atoms with Gasteiger partial charge in [-0.3, -0.25) is 24.0 Å². The molecule has 1 saturated heterocycles. The standard InChI is InChI=1S/C40H51N7O6/c1-38(2,53)32-23-42-45-47(32)29-22-31(36(51)44-40(33(48)34(41)49)18-16-39(14-15-39)17-19-40)46(24-29)37(52)30(20-25-8-4-3-5-9-25)43-35(50)28-13-12-26-10-6-7-11-27(26)21-28/h6-7,10-13,21,23,25,29-31,53H,3-5,8-9,14-20,22,24H2,1-2H3,(H2,41,49)(H,43,50)(H,44,51)/t29-,30+,31-/m0/s1. The Labute approximate surface area is 309 Å². The van der Waals surface area contributed by atoms with E-state index < -0.39 is 52.8 Å². The monoisotopic (exact) mass is 725 g/mol. The zero-order valence-electron chi connectivity index (χ0n) is 30.7. The molecule has 2 heterocycles. The molecule has 0 radical (unpaired) electrons. The molecule has 3 atom stereocenters. The molecule has 0 unspecified atom stereocenters. The van der Waals surface area contributed by atoms with Crippen LogP contribution in [0.25, 0.3) is 10.8 Å². The first kappa shape index (κ1) is 36.7. The Morgan fingerprint density at radius 3 is 2.30 bits per heavy atom. The molecule has 4 amide bonds. The number of benzene rings is 2. The number of hydrogen-bond acceptors (Lipinski definition) is 8. The van der Waals surface area contributed by atoms with Crippen molar-refractivity contribution in [3.8, 4) is 0 Å². The second-order valence-corrected chi connectivity index (χ2v) is 16.6. The third kappa shape index (κ3) is 7.58. The zero-order valence-corrected chi connectivity index (χ0v) is 30.7. The molecular weight excluding hydrogens is 674 g/mol. The topological polar surface area (TPSA) is 190 Å². The molecule has 2 aromatic carbocycles. The molecule has 13 nitrogen and oxygen atoms in total. The number of nitrogens with zero attached hydrogens (tertiary/aromatic N) is 4. The predicted molar refractivity (Wildman–Crippen MR) is 196 cm³/mol. The number of Topliss-reactive ketones (excluding diaryl/α,β-unsaturated/α-hetero) is 1. The summed E-state index contributed by atoms with van der Waals surface area (Å²) in [5.41, 5.74) is 3.78. The average Bonchev–Trinajstić information content (AvgIpc) is 3.49. The van der Waals surface area contributed by atoms with Crippen molar-refractivity contribution in [3.63, 3.8) is 0 Å². The molecule has 3 saturated carbocycles. The van der Waals surface area contributed by atoms with Crippen LogP contribution in [0.15, 0.2) is 48.7 Å². The van der Waals surface area contributed by atoms with Gasteiger partial charge in [0.05, 0.1) is 17.9 Å². The molecule has 1 aromatic heterocycles. The van der Waals surface area contributed by atoms with E-state index in [4.69, 9.17) is 5.73 Å². The molecule has 53 heavy (non-hydrogen) atoms. The highest BCUT2D eigenvalue weighted by Gasteiger charge is 2.55. The molecular formula is C40H51N7O6. The fourth-order valence-electron chi connectivity index (χ4n) is 9.03. The van der Waals surface area contributed by atoms with Crippen molar-refractivity contribution in [2.45, 2.75) is 127 Å². The Hall–Kier alpha value is -4.65. The minimum atomic E-state index is -1.46. The van der Waals surface area contributed by atoms with Crippen molar-refractivity contribution < 1.29 is 29.1 Å². The molecule has 1 spiro atoms. The molecule has 7 rings (SSSR count). The van der Waals surface area contributed by atoms with Gasteiger partial charge in [0.15, 0.2) is 0 Å². The summed E-state index contributed by atoms with van der Waals surface area (Å²) in [6.07, 6.45) is 11.2. The summed E-state index contributed by atoms with van der Waals surface area (Å²) >= 11 is 0. The van der Waals surface area contributed by atoms with Crippen molar-refractivity contribution in [1.82, 2.24) is 30.5 Å². The van der Waals surface area contributed by atoms with Crippen molar-refractivity contribution >= 4 is 40.2 Å². The number of rotatable bonds is 11. The van der Waals surface area contributed by atoms with Crippen LogP contribution < -0.4 is 16.4 Å². The predicted octanol–water partition coefficient (Wildman–Crippen LogP) is 3.83. The van der Waals surface area contributed by atoms with Crippen LogP contribution in [-0.4, -0.2) is 78.6 Å². The number of ketones is 1. The number of hydrogen-bond donors (Lipinski definition) is 4. The maximum Gasteiger partial charge on any atom is 0.287 e. The van der Waals surface area contributed by atoms with Gasteiger partial charge in [0.25, 0.3) is 11.8 Å². The third-order valence-corrected chi connectivity index (χ3v) is 12.5. The Kier molecular flexibility index (Phi) is 9.90. The fourth-order valence-corrected chi connectivity index (χ4v) is 9.03. The molecule has 0 bridgehead atoms. The van der Waals surface area contributed by atoms with E-state index in [1.165, 1.54) is 11.1 Å². The van der Waals surface area contributed by atoms with Crippen LogP contribution in [0.3, 0.4) is 0 Å². The van der Waals surface area contributed by atoms with E-state index in [9.17, 15) is 29.1 Å². The van der Waals surface area contributed by atoms with Gasteiger partial charge in [-0.1, -0.05) is 67.6 Å². The smallest absolute Gasteiger partial charge is 0.287 e. The number of aromatic nitrogens is 3. The van der Waals surface area contributed by atoms with Crippen molar-refractivity contribution in [3.05, 3.63) is 59.9 Å². The first-order valence-corrected chi connectivity index (χ1v) is 19.2. The van der Waals surface area contributed by atoms with E-state index in [1.807, 2.05) is 36.4 Å². The van der Waals surface area contributed by atoms with Crippen LogP contribution in [0.2, 0.25) is 0 Å². The molecule has 4 fully saturated rings. The number of carbonyl (C=O) groups is 5. The van der Waals surface area contributed by atoms with E-state index in [2.05, 4.69) is 20.9 Å². The fraction of sp³-hybridized carbons (Fsp3) is 0.575. The molecule has 3 aromatic rings. The number of nitrogens with two attached hydrogens (primary N) is 1. The van der Waals surface area contributed by atoms with Crippen molar-refractivity contribution in [2.75, 3.05) is 6.54 Å². The van der Waals surface area contributed by atoms with Crippen LogP contribution in [0.4, 0.5) is 0 Å². The third-order valence-electron chi connectivity index (χ3n) is 12.5. The van der Waals surface area contributed by atoms with Crippen molar-refractivity contribution in [2.24, 2.45) is 17.1 Å². The van der Waals surface area contributed by atoms with Crippen LogP contribution in [-0.2, 0) is 24.8 Å². The maximum absolute atomic E-state index is 14.9. The molecule has 5 N–H and O–H groups in total. The Bertz CT molecular complexity index is 1900. The van der Waals surface area contributed by atoms with Gasteiger partial charge in [-0.05, 0) is 93.0 Å². The summed E-state index contributed by atoms with van der Waals surface area (Å²) < 4.78 is 1.55.